The number of aromatic nitrogens is 4. The fourth-order valence-corrected chi connectivity index (χ4v) is 14.3. The number of phosphoric ester groups is 1. The van der Waals surface area contributed by atoms with Gasteiger partial charge in [-0.1, -0.05) is 27.7 Å². The average molecular weight is 1340 g/mol. The first-order chi connectivity index (χ1) is 42.2. The van der Waals surface area contributed by atoms with Crippen molar-refractivity contribution in [2.24, 2.45) is 4.99 Å². The maximum Gasteiger partial charge on any atom is 0.490 e. The lowest BCUT2D eigenvalue weighted by atomic mass is 9.88. The molecule has 1 aliphatic carbocycles. The van der Waals surface area contributed by atoms with Gasteiger partial charge >= 0.3 is 29.4 Å². The smallest absolute Gasteiger partial charge is 0.478 e. The summed E-state index contributed by atoms with van der Waals surface area (Å²) in [6.45, 7) is 14.5. The van der Waals surface area contributed by atoms with Crippen LogP contribution in [0.2, 0.25) is 0 Å². The number of carbonyl (C=O) groups excluding carboxylic acids is 2. The van der Waals surface area contributed by atoms with Crippen LogP contribution < -0.4 is 32.6 Å². The lowest BCUT2D eigenvalue weighted by Crippen LogP contribution is -2.36. The van der Waals surface area contributed by atoms with Gasteiger partial charge in [0.1, 0.15) is 29.6 Å². The number of aryl methyl sites for hydroxylation is 2. The van der Waals surface area contributed by atoms with Gasteiger partial charge in [-0.05, 0) is 82.5 Å². The third-order valence-corrected chi connectivity index (χ3v) is 19.8. The van der Waals surface area contributed by atoms with Crippen molar-refractivity contribution in [3.05, 3.63) is 86.8 Å². The Bertz CT molecular complexity index is 3720. The first-order valence-electron chi connectivity index (χ1n) is 27.7. The van der Waals surface area contributed by atoms with E-state index in [0.717, 1.165) is 33.1 Å². The van der Waals surface area contributed by atoms with Gasteiger partial charge in [0, 0.05) is 83.7 Å². The molecule has 5 atom stereocenters. The summed E-state index contributed by atoms with van der Waals surface area (Å²) in [5, 5.41) is 21.1. The number of nitrogens with one attached hydrogen (secondary N) is 4. The van der Waals surface area contributed by atoms with Gasteiger partial charge in [-0.15, -0.1) is 0 Å². The molecule has 0 saturated carbocycles. The number of carbonyl (C=O) groups is 3. The summed E-state index contributed by atoms with van der Waals surface area (Å²) in [6.07, 6.45) is -1.66. The monoisotopic (exact) mass is 1340 g/mol. The fourth-order valence-electron chi connectivity index (χ4n) is 9.10. The molecule has 2 aliphatic heterocycles. The molecule has 488 valence electrons. The van der Waals surface area contributed by atoms with Crippen LogP contribution in [0.15, 0.2) is 63.0 Å². The van der Waals surface area contributed by atoms with E-state index in [-0.39, 0.29) is 119 Å². The summed E-state index contributed by atoms with van der Waals surface area (Å²) >= 11 is 0. The first kappa shape index (κ1) is 70.8. The number of ether oxygens (including phenoxy) is 6. The third kappa shape index (κ3) is 20.7. The second-order valence-electron chi connectivity index (χ2n) is 20.4. The second kappa shape index (κ2) is 32.1. The van der Waals surface area contributed by atoms with E-state index >= 15 is 0 Å². The van der Waals surface area contributed by atoms with Gasteiger partial charge in [0.25, 0.3) is 11.5 Å². The highest BCUT2D eigenvalue weighted by atomic mass is 33.1. The number of amides is 2. The van der Waals surface area contributed by atoms with Gasteiger partial charge in [-0.25, -0.2) is 23.5 Å². The molecule has 0 spiro atoms. The van der Waals surface area contributed by atoms with Crippen molar-refractivity contribution in [3.8, 4) is 22.5 Å². The summed E-state index contributed by atoms with van der Waals surface area (Å²) < 4.78 is 89.5. The van der Waals surface area contributed by atoms with Gasteiger partial charge in [0.2, 0.25) is 11.9 Å². The summed E-state index contributed by atoms with van der Waals surface area (Å²) in [6, 6.07) is 12.4. The number of imidazole rings is 1. The number of hydrogen-bond donors (Lipinski definition) is 10. The summed E-state index contributed by atoms with van der Waals surface area (Å²) in [7, 11) is -14.3. The molecule has 31 nitrogen and oxygen atoms in total. The van der Waals surface area contributed by atoms with Gasteiger partial charge in [-0.3, -0.25) is 33.5 Å². The predicted octanol–water partition coefficient (Wildman–Crippen LogP) is 6.02. The van der Waals surface area contributed by atoms with Crippen molar-refractivity contribution in [2.45, 2.75) is 77.6 Å². The molecule has 2 aromatic carbocycles. The van der Waals surface area contributed by atoms with E-state index in [1.807, 2.05) is 65.8 Å². The minimum Gasteiger partial charge on any atom is -0.478 e. The standard InChI is InChI=1S/C53H72N9O22P3S2/c1-7-55-38-24-40-36(21-31(38)3)46(37-22-32(4)39(56-8-2)25-41(37)81-40)34-10-9-33(23-35(34)51(66)67)49(64)57-12-14-76-16-18-78-20-19-77-17-15-75-13-11-44(63)58-28-53(5,6)89-88-30-79-42-26-45(62-29-59-47-48(62)60-52(54)61-50(47)65)82-43(42)27-80-86(71,72)84-87(73,74)83-85(68,69)70/h9-10,21-25,29,42-43,45,55H,7-8,11-20,26-28,30H2,1-6H3,(H,57,64)(H,58,63)(H,66,67)(H,71,72)(H,73,74)(H2,68,69,70)(H3,54,60,61,65)/b56-39-/t42?,43-,45-/m1/s1. The zero-order valence-corrected chi connectivity index (χ0v) is 53.7. The van der Waals surface area contributed by atoms with Crippen LogP contribution >= 0.6 is 45.1 Å². The number of nitrogens with two attached hydrogens (primary N) is 1. The van der Waals surface area contributed by atoms with Gasteiger partial charge in [0.05, 0.1) is 82.8 Å². The summed E-state index contributed by atoms with van der Waals surface area (Å²) in [5.41, 5.74) is 10.4. The Hall–Kier alpha value is -5.64. The molecule has 4 heterocycles. The van der Waals surface area contributed by atoms with E-state index in [4.69, 9.17) is 52.9 Å². The van der Waals surface area contributed by atoms with E-state index in [9.17, 15) is 47.8 Å². The lowest BCUT2D eigenvalue weighted by Gasteiger charge is -2.24. The minimum atomic E-state index is -5.79. The van der Waals surface area contributed by atoms with Crippen LogP contribution in [0.4, 0.5) is 11.6 Å². The molecular weight excluding hydrogens is 1270 g/mol. The van der Waals surface area contributed by atoms with E-state index in [1.54, 1.807) is 12.1 Å². The molecule has 2 amide bonds. The number of nitrogen functional groups attached to an aromatic ring is 1. The van der Waals surface area contributed by atoms with Crippen LogP contribution in [0.3, 0.4) is 0 Å². The molecule has 1 fully saturated rings. The van der Waals surface area contributed by atoms with Crippen molar-refractivity contribution >= 4 is 96.6 Å². The number of hydrogen-bond acceptors (Lipinski definition) is 24. The van der Waals surface area contributed by atoms with Crippen LogP contribution in [0.25, 0.3) is 44.6 Å². The second-order valence-corrected chi connectivity index (χ2v) is 27.8. The maximum absolute atomic E-state index is 13.3. The zero-order valence-electron chi connectivity index (χ0n) is 49.4. The number of anilines is 2. The van der Waals surface area contributed by atoms with Crippen LogP contribution in [0, 0.1) is 13.8 Å². The van der Waals surface area contributed by atoms with Crippen molar-refractivity contribution < 1.29 is 98.7 Å². The molecule has 3 unspecified atom stereocenters. The minimum absolute atomic E-state index is 0.00421. The quantitative estimate of drug-likeness (QED) is 0.00706. The topological polar surface area (TPSA) is 438 Å². The SMILES string of the molecule is CC/N=c1/cc2oc3cc(NCC)c(C)cc3c(-c3ccc(C(=O)NCCOCCOCCOCCOCCC(=O)NCC(C)(C)SSCOC4C[C@H](n5cnc6c(=O)[nH]c(N)nc65)O[C@@H]4COP(=O)(O)OP(=O)(O)OP(=O)(O)O)cc3C(=O)O)c-2cc1C. The Balaban J connectivity index is 0.752. The normalized spacial score (nSPS) is 17.1. The number of carboxylic acid groups (broad SMARTS) is 1. The predicted molar refractivity (Wildman–Crippen MR) is 328 cm³/mol. The first-order valence-corrected chi connectivity index (χ1v) is 34.6. The highest BCUT2D eigenvalue weighted by Gasteiger charge is 2.44. The van der Waals surface area contributed by atoms with E-state index in [2.05, 4.69) is 44.5 Å². The Morgan fingerprint density at radius 2 is 1.58 bits per heavy atom. The van der Waals surface area contributed by atoms with E-state index in [1.165, 1.54) is 38.5 Å². The molecule has 3 aliphatic rings. The van der Waals surface area contributed by atoms with E-state index in [0.29, 0.717) is 35.6 Å². The van der Waals surface area contributed by atoms with Gasteiger partial charge in [-0.2, -0.15) is 13.6 Å². The summed E-state index contributed by atoms with van der Waals surface area (Å²) in [5.74, 6) is -1.55. The number of H-pyrrole nitrogens is 1. The van der Waals surface area contributed by atoms with Crippen LogP contribution in [-0.2, 0) is 60.1 Å². The van der Waals surface area contributed by atoms with Crippen LogP contribution in [-0.4, -0.2) is 171 Å². The molecular formula is C53H72N9O22P3S2. The van der Waals surface area contributed by atoms with Crippen LogP contribution in [0.5, 0.6) is 0 Å². The van der Waals surface area contributed by atoms with Crippen molar-refractivity contribution in [2.75, 3.05) is 103 Å². The summed E-state index contributed by atoms with van der Waals surface area (Å²) in [4.78, 5) is 104. The average Bonchev–Trinajstić information content (AvgIpc) is 1.77. The highest BCUT2D eigenvalue weighted by molar-refractivity contribution is 8.77. The Labute approximate surface area is 517 Å². The van der Waals surface area contributed by atoms with Crippen molar-refractivity contribution in [1.82, 2.24) is 30.2 Å². The molecule has 89 heavy (non-hydrogen) atoms. The van der Waals surface area contributed by atoms with E-state index < -0.39 is 70.7 Å². The molecule has 11 N–H and O–H groups in total. The number of rotatable bonds is 36. The number of aromatic amines is 1. The molecule has 1 saturated heterocycles. The maximum atomic E-state index is 13.3. The third-order valence-electron chi connectivity index (χ3n) is 13.1. The zero-order chi connectivity index (χ0) is 64.7. The number of carboxylic acids is 1. The number of benzene rings is 3. The molecule has 0 radical (unpaired) electrons. The van der Waals surface area contributed by atoms with Gasteiger partial charge in [0.15, 0.2) is 11.2 Å². The lowest BCUT2D eigenvalue weighted by molar-refractivity contribution is -0.122. The number of nitrogens with zero attached hydrogens (tertiary/aromatic N) is 4. The Morgan fingerprint density at radius 1 is 0.888 bits per heavy atom. The highest BCUT2D eigenvalue weighted by Crippen LogP contribution is 2.66. The number of fused-ring (bicyclic) bond motifs is 3. The van der Waals surface area contributed by atoms with Crippen LogP contribution in [0.1, 0.15) is 78.6 Å². The van der Waals surface area contributed by atoms with Gasteiger partial charge < -0.3 is 79.2 Å². The molecule has 2 aromatic heterocycles. The number of aromatic carboxylic acids is 1. The molecule has 36 heteroatoms. The molecule has 4 aromatic rings. The number of phosphoric acid groups is 3. The molecule has 0 bridgehead atoms. The Morgan fingerprint density at radius 3 is 2.26 bits per heavy atom. The van der Waals surface area contributed by atoms with Crippen molar-refractivity contribution in [1.29, 1.82) is 0 Å². The van der Waals surface area contributed by atoms with Crippen molar-refractivity contribution in [3.63, 3.8) is 0 Å². The largest absolute Gasteiger partial charge is 0.490 e. The Kier molecular flexibility index (Phi) is 25.5. The fraction of sp³-hybridized carbons (Fsp3) is 0.491. The molecule has 7 rings (SSSR count).